The summed E-state index contributed by atoms with van der Waals surface area (Å²) in [6.07, 6.45) is 6.45. The van der Waals surface area contributed by atoms with E-state index in [1.807, 2.05) is 13.8 Å². The lowest BCUT2D eigenvalue weighted by Gasteiger charge is -2.29. The van der Waals surface area contributed by atoms with Crippen molar-refractivity contribution in [2.45, 2.75) is 111 Å². The molecule has 3 rings (SSSR count). The van der Waals surface area contributed by atoms with E-state index in [9.17, 15) is 14.9 Å². The maximum Gasteiger partial charge on any atom is 0.425 e. The Morgan fingerprint density at radius 3 is 2.09 bits per heavy atom. The highest BCUT2D eigenvalue weighted by molar-refractivity contribution is 6.09. The van der Waals surface area contributed by atoms with Crippen LogP contribution in [0.5, 0.6) is 0 Å². The highest BCUT2D eigenvalue weighted by Gasteiger charge is 2.36. The van der Waals surface area contributed by atoms with Gasteiger partial charge in [0.15, 0.2) is 12.1 Å². The molecule has 0 saturated heterocycles. The summed E-state index contributed by atoms with van der Waals surface area (Å²) in [5.74, 6) is -0.0166. The van der Waals surface area contributed by atoms with Crippen molar-refractivity contribution in [2.75, 3.05) is 18.1 Å². The van der Waals surface area contributed by atoms with E-state index in [4.69, 9.17) is 18.9 Å². The molecule has 12 nitrogen and oxygen atoms in total. The van der Waals surface area contributed by atoms with Gasteiger partial charge in [0, 0.05) is 37.0 Å². The molecule has 0 radical (unpaired) electrons. The number of hydrogen-bond acceptors (Lipinski definition) is 10. The third kappa shape index (κ3) is 9.33. The van der Waals surface area contributed by atoms with E-state index in [0.717, 1.165) is 36.3 Å². The molecule has 0 unspecified atom stereocenters. The first-order chi connectivity index (χ1) is 20.3. The van der Waals surface area contributed by atoms with Gasteiger partial charge in [-0.1, -0.05) is 0 Å². The summed E-state index contributed by atoms with van der Waals surface area (Å²) >= 11 is 0. The number of carbonyl (C=O) groups excluding carboxylic acids is 2. The van der Waals surface area contributed by atoms with Crippen molar-refractivity contribution >= 4 is 23.7 Å². The number of allylic oxidation sites excluding steroid dienone is 2. The van der Waals surface area contributed by atoms with Crippen LogP contribution in [-0.2, 0) is 25.4 Å². The number of nitriles is 1. The minimum absolute atomic E-state index is 0.0166. The molecule has 43 heavy (non-hydrogen) atoms. The Hall–Kier alpha value is -3.82. The predicted octanol–water partition coefficient (Wildman–Crippen LogP) is 6.66. The van der Waals surface area contributed by atoms with Crippen LogP contribution in [0, 0.1) is 11.3 Å². The van der Waals surface area contributed by atoms with Crippen LogP contribution in [0.1, 0.15) is 93.1 Å². The van der Waals surface area contributed by atoms with Gasteiger partial charge < -0.3 is 18.9 Å². The van der Waals surface area contributed by atoms with E-state index in [1.54, 1.807) is 58.6 Å². The number of carbonyl (C=O) groups is 2. The number of hydrogen-bond donors (Lipinski definition) is 0. The average molecular weight is 597 g/mol. The zero-order valence-electron chi connectivity index (χ0n) is 26.6. The smallest absolute Gasteiger partial charge is 0.425 e. The number of ether oxygens (including phenoxy) is 4. The zero-order chi connectivity index (χ0) is 31.8. The predicted molar refractivity (Wildman–Crippen MR) is 161 cm³/mol. The van der Waals surface area contributed by atoms with Gasteiger partial charge in [-0.25, -0.2) is 24.2 Å². The second kappa shape index (κ2) is 14.6. The van der Waals surface area contributed by atoms with Crippen molar-refractivity contribution in [3.8, 4) is 17.3 Å². The monoisotopic (exact) mass is 596 g/mol. The molecule has 1 aliphatic carbocycles. The largest absolute Gasteiger partial charge is 0.443 e. The van der Waals surface area contributed by atoms with Crippen LogP contribution in [0.3, 0.4) is 0 Å². The number of imide groups is 1. The summed E-state index contributed by atoms with van der Waals surface area (Å²) in [7, 11) is 0. The first kappa shape index (κ1) is 33.7. The fraction of sp³-hybridized carbons (Fsp3) is 0.613. The molecule has 0 aliphatic heterocycles. The standard InChI is InChI=1S/C31H44N6O6/c1-9-40-25(41-10-2)17-23-26(22-18-35-36(19-22)24(15-16-32)21-13-11-12-14-21)33-20-34-27(23)37(28(38)42-30(3,4)5)29(39)43-31(6,7)8/h18-20,25H,9-15,17H2,1-8H3. The van der Waals surface area contributed by atoms with Gasteiger partial charge in [0.1, 0.15) is 17.5 Å². The normalized spacial score (nSPS) is 13.6. The Labute approximate surface area is 254 Å². The molecule has 12 heteroatoms. The molecule has 0 atom stereocenters. The third-order valence-corrected chi connectivity index (χ3v) is 6.36. The van der Waals surface area contributed by atoms with Crippen LogP contribution in [0.4, 0.5) is 15.4 Å². The topological polar surface area (TPSA) is 142 Å². The number of nitrogens with zero attached hydrogens (tertiary/aromatic N) is 6. The molecule has 0 aromatic carbocycles. The minimum atomic E-state index is -0.949. The van der Waals surface area contributed by atoms with Crippen molar-refractivity contribution in [1.82, 2.24) is 19.7 Å². The van der Waals surface area contributed by atoms with Crippen LogP contribution < -0.4 is 4.90 Å². The Balaban J connectivity index is 2.23. The van der Waals surface area contributed by atoms with E-state index in [0.29, 0.717) is 30.0 Å². The van der Waals surface area contributed by atoms with E-state index < -0.39 is 29.7 Å². The first-order valence-corrected chi connectivity index (χ1v) is 14.7. The van der Waals surface area contributed by atoms with Crippen LogP contribution >= 0.6 is 0 Å². The Bertz CT molecular complexity index is 1310. The summed E-state index contributed by atoms with van der Waals surface area (Å²) in [5.41, 5.74) is 1.69. The quantitative estimate of drug-likeness (QED) is 0.273. The molecule has 0 bridgehead atoms. The summed E-state index contributed by atoms with van der Waals surface area (Å²) in [5, 5.41) is 14.1. The number of anilines is 1. The summed E-state index contributed by atoms with van der Waals surface area (Å²) in [4.78, 5) is 36.9. The Morgan fingerprint density at radius 1 is 1.00 bits per heavy atom. The minimum Gasteiger partial charge on any atom is -0.443 e. The second-order valence-electron chi connectivity index (χ2n) is 12.1. The van der Waals surface area contributed by atoms with Crippen LogP contribution in [0.15, 0.2) is 24.3 Å². The van der Waals surface area contributed by atoms with Crippen molar-refractivity contribution in [3.05, 3.63) is 29.9 Å². The summed E-state index contributed by atoms with van der Waals surface area (Å²) < 4.78 is 24.6. The van der Waals surface area contributed by atoms with Gasteiger partial charge in [0.05, 0.1) is 30.1 Å². The summed E-state index contributed by atoms with van der Waals surface area (Å²) in [6, 6.07) is 2.26. The van der Waals surface area contributed by atoms with Crippen LogP contribution in [0.2, 0.25) is 0 Å². The van der Waals surface area contributed by atoms with Gasteiger partial charge in [-0.3, -0.25) is 0 Å². The molecular formula is C31H44N6O6. The van der Waals surface area contributed by atoms with Gasteiger partial charge in [0.2, 0.25) is 0 Å². The van der Waals surface area contributed by atoms with Crippen LogP contribution in [-0.4, -0.2) is 62.6 Å². The van der Waals surface area contributed by atoms with E-state index in [2.05, 4.69) is 21.1 Å². The molecule has 0 N–H and O–H groups in total. The van der Waals surface area contributed by atoms with Gasteiger partial charge in [-0.15, -0.1) is 0 Å². The van der Waals surface area contributed by atoms with Gasteiger partial charge in [0.25, 0.3) is 0 Å². The van der Waals surface area contributed by atoms with E-state index in [-0.39, 0.29) is 18.7 Å². The van der Waals surface area contributed by atoms with E-state index >= 15 is 0 Å². The highest BCUT2D eigenvalue weighted by atomic mass is 16.7. The molecule has 0 spiro atoms. The van der Waals surface area contributed by atoms with Crippen molar-refractivity contribution in [3.63, 3.8) is 0 Å². The fourth-order valence-corrected chi connectivity index (χ4v) is 4.73. The lowest BCUT2D eigenvalue weighted by atomic mass is 10.1. The number of rotatable bonds is 10. The molecular weight excluding hydrogens is 552 g/mol. The van der Waals surface area contributed by atoms with Crippen LogP contribution in [0.25, 0.3) is 17.0 Å². The molecule has 2 amide bonds. The molecule has 2 aromatic rings. The third-order valence-electron chi connectivity index (χ3n) is 6.36. The van der Waals surface area contributed by atoms with Gasteiger partial charge in [-0.05, 0) is 86.6 Å². The van der Waals surface area contributed by atoms with Crippen molar-refractivity contribution in [2.24, 2.45) is 0 Å². The SMILES string of the molecule is CCOC(Cc1c(-c2cnn(C(CC#N)=C3CCCC3)c2)ncnc1N(C(=O)OC(C)(C)C)C(=O)OC(C)(C)C)OCC. The molecule has 1 saturated carbocycles. The van der Waals surface area contributed by atoms with Gasteiger partial charge in [-0.2, -0.15) is 15.3 Å². The maximum atomic E-state index is 13.6. The number of aromatic nitrogens is 4. The molecule has 1 aliphatic rings. The summed E-state index contributed by atoms with van der Waals surface area (Å²) in [6.45, 7) is 14.7. The molecule has 2 aromatic heterocycles. The zero-order valence-corrected chi connectivity index (χ0v) is 26.6. The maximum absolute atomic E-state index is 13.6. The van der Waals surface area contributed by atoms with Crippen molar-refractivity contribution < 1.29 is 28.5 Å². The van der Waals surface area contributed by atoms with Crippen molar-refractivity contribution in [1.29, 1.82) is 5.26 Å². The molecule has 1 fully saturated rings. The average Bonchev–Trinajstić information content (AvgIpc) is 3.59. The number of amides is 2. The first-order valence-electron chi connectivity index (χ1n) is 14.7. The van der Waals surface area contributed by atoms with E-state index in [1.165, 1.54) is 11.9 Å². The molecule has 2 heterocycles. The lowest BCUT2D eigenvalue weighted by molar-refractivity contribution is -0.134. The fourth-order valence-electron chi connectivity index (χ4n) is 4.73. The second-order valence-corrected chi connectivity index (χ2v) is 12.1. The Kier molecular flexibility index (Phi) is 11.4. The lowest BCUT2D eigenvalue weighted by Crippen LogP contribution is -2.45. The Morgan fingerprint density at radius 2 is 1.58 bits per heavy atom. The van der Waals surface area contributed by atoms with Gasteiger partial charge >= 0.3 is 12.2 Å². The molecule has 234 valence electrons. The highest BCUT2D eigenvalue weighted by Crippen LogP contribution is 2.34.